The number of rotatable bonds is 5. The molecule has 0 unspecified atom stereocenters. The highest BCUT2D eigenvalue weighted by Crippen LogP contribution is 2.07. The molecule has 3 aromatic rings. The fraction of sp³-hybridized carbons (Fsp3) is 0.294. The third-order valence-electron chi connectivity index (χ3n) is 4.01. The lowest BCUT2D eigenvalue weighted by Gasteiger charge is -2.08. The fourth-order valence-corrected chi connectivity index (χ4v) is 2.62. The van der Waals surface area contributed by atoms with Crippen LogP contribution in [-0.4, -0.2) is 31.8 Å². The number of nitrogens with one attached hydrogen (secondary N) is 1. The van der Waals surface area contributed by atoms with Crippen molar-refractivity contribution in [2.75, 3.05) is 6.54 Å². The summed E-state index contributed by atoms with van der Waals surface area (Å²) in [6.07, 6.45) is 3.61. The summed E-state index contributed by atoms with van der Waals surface area (Å²) in [5.74, 6) is -0.212. The van der Waals surface area contributed by atoms with Crippen LogP contribution in [0.25, 0.3) is 11.0 Å². The van der Waals surface area contributed by atoms with Crippen LogP contribution in [0.3, 0.4) is 0 Å². The Kier molecular flexibility index (Phi) is 4.41. The zero-order valence-electron chi connectivity index (χ0n) is 13.7. The van der Waals surface area contributed by atoms with Crippen LogP contribution in [0.2, 0.25) is 0 Å². The molecule has 0 aliphatic carbocycles. The van der Waals surface area contributed by atoms with Gasteiger partial charge in [0.1, 0.15) is 18.3 Å². The summed E-state index contributed by atoms with van der Waals surface area (Å²) in [5.41, 5.74) is 2.65. The van der Waals surface area contributed by atoms with Gasteiger partial charge in [0.2, 0.25) is 5.91 Å². The standard InChI is InChI=1S/C17H19N5O2/c1-12-5-3-4-6-13(12)7-8-18-15(23)10-22-11-19-16-14(17(22)24)9-20-21(16)2/h3-6,9,11H,7-8,10H2,1-2H3,(H,18,23). The quantitative estimate of drug-likeness (QED) is 0.752. The monoisotopic (exact) mass is 325 g/mol. The number of amides is 1. The molecule has 0 atom stereocenters. The third-order valence-corrected chi connectivity index (χ3v) is 4.01. The van der Waals surface area contributed by atoms with Gasteiger partial charge in [0.25, 0.3) is 5.56 Å². The molecule has 2 aromatic heterocycles. The average molecular weight is 325 g/mol. The Bertz CT molecular complexity index is 942. The first-order valence-corrected chi connectivity index (χ1v) is 7.74. The highest BCUT2D eigenvalue weighted by molar-refractivity contribution is 5.77. The first-order valence-electron chi connectivity index (χ1n) is 7.74. The van der Waals surface area contributed by atoms with Crippen LogP contribution in [0.15, 0.2) is 41.6 Å². The van der Waals surface area contributed by atoms with E-state index in [4.69, 9.17) is 0 Å². The number of hydrogen-bond acceptors (Lipinski definition) is 4. The zero-order valence-corrected chi connectivity index (χ0v) is 13.7. The number of aryl methyl sites for hydroxylation is 2. The molecule has 0 aliphatic heterocycles. The maximum atomic E-state index is 12.3. The van der Waals surface area contributed by atoms with Gasteiger partial charge in [0.15, 0.2) is 5.65 Å². The van der Waals surface area contributed by atoms with Gasteiger partial charge >= 0.3 is 0 Å². The van der Waals surface area contributed by atoms with Gasteiger partial charge < -0.3 is 5.32 Å². The van der Waals surface area contributed by atoms with Crippen LogP contribution in [0, 0.1) is 6.92 Å². The number of fused-ring (bicyclic) bond motifs is 1. The predicted molar refractivity (Wildman–Crippen MR) is 90.7 cm³/mol. The highest BCUT2D eigenvalue weighted by atomic mass is 16.2. The van der Waals surface area contributed by atoms with Crippen LogP contribution in [-0.2, 0) is 24.8 Å². The SMILES string of the molecule is Cc1ccccc1CCNC(=O)Cn1cnc2c(cnn2C)c1=O. The Hall–Kier alpha value is -2.96. The molecule has 0 radical (unpaired) electrons. The van der Waals surface area contributed by atoms with E-state index in [0.717, 1.165) is 6.42 Å². The largest absolute Gasteiger partial charge is 0.354 e. The molecule has 0 saturated heterocycles. The van der Waals surface area contributed by atoms with Crippen LogP contribution in [0.4, 0.5) is 0 Å². The average Bonchev–Trinajstić information content (AvgIpc) is 2.94. The maximum absolute atomic E-state index is 12.3. The molecular formula is C17H19N5O2. The molecule has 1 amide bonds. The van der Waals surface area contributed by atoms with Gasteiger partial charge in [0, 0.05) is 13.6 Å². The van der Waals surface area contributed by atoms with Crippen LogP contribution < -0.4 is 10.9 Å². The third kappa shape index (κ3) is 3.19. The Balaban J connectivity index is 1.62. The van der Waals surface area contributed by atoms with Gasteiger partial charge in [-0.1, -0.05) is 24.3 Å². The van der Waals surface area contributed by atoms with Crippen LogP contribution in [0.5, 0.6) is 0 Å². The van der Waals surface area contributed by atoms with Crippen molar-refractivity contribution in [2.45, 2.75) is 19.9 Å². The van der Waals surface area contributed by atoms with E-state index in [2.05, 4.69) is 15.4 Å². The van der Waals surface area contributed by atoms with Gasteiger partial charge in [-0.3, -0.25) is 18.8 Å². The number of nitrogens with zero attached hydrogens (tertiary/aromatic N) is 4. The molecule has 1 aromatic carbocycles. The van der Waals surface area contributed by atoms with E-state index in [1.165, 1.54) is 32.9 Å². The summed E-state index contributed by atoms with van der Waals surface area (Å²) in [6, 6.07) is 8.07. The fourth-order valence-electron chi connectivity index (χ4n) is 2.62. The Morgan fingerprint density at radius 1 is 1.29 bits per heavy atom. The summed E-state index contributed by atoms with van der Waals surface area (Å²) >= 11 is 0. The Morgan fingerprint density at radius 3 is 2.88 bits per heavy atom. The maximum Gasteiger partial charge on any atom is 0.264 e. The molecule has 124 valence electrons. The molecule has 0 spiro atoms. The van der Waals surface area contributed by atoms with Crippen molar-refractivity contribution >= 4 is 16.9 Å². The van der Waals surface area contributed by atoms with E-state index in [1.54, 1.807) is 7.05 Å². The minimum absolute atomic E-state index is 0.0512. The smallest absolute Gasteiger partial charge is 0.264 e. The van der Waals surface area contributed by atoms with Crippen molar-refractivity contribution in [2.24, 2.45) is 7.05 Å². The topological polar surface area (TPSA) is 81.8 Å². The van der Waals surface area contributed by atoms with Crippen LogP contribution >= 0.6 is 0 Å². The summed E-state index contributed by atoms with van der Waals surface area (Å²) in [4.78, 5) is 28.5. The summed E-state index contributed by atoms with van der Waals surface area (Å²) in [5, 5.41) is 7.26. The van der Waals surface area contributed by atoms with Crippen LogP contribution in [0.1, 0.15) is 11.1 Å². The predicted octanol–water partition coefficient (Wildman–Crippen LogP) is 0.797. The van der Waals surface area contributed by atoms with Gasteiger partial charge in [0.05, 0.1) is 6.20 Å². The van der Waals surface area contributed by atoms with Gasteiger partial charge in [-0.05, 0) is 24.5 Å². The molecule has 0 aliphatic rings. The second-order valence-electron chi connectivity index (χ2n) is 5.71. The van der Waals surface area contributed by atoms with Gasteiger partial charge in [-0.2, -0.15) is 5.10 Å². The lowest BCUT2D eigenvalue weighted by molar-refractivity contribution is -0.121. The molecule has 7 nitrogen and oxygen atoms in total. The first-order chi connectivity index (χ1) is 11.6. The molecule has 7 heteroatoms. The molecule has 3 rings (SSSR count). The number of carbonyl (C=O) groups is 1. The molecular weight excluding hydrogens is 306 g/mol. The normalized spacial score (nSPS) is 10.9. The second kappa shape index (κ2) is 6.66. The summed E-state index contributed by atoms with van der Waals surface area (Å²) < 4.78 is 2.83. The lowest BCUT2D eigenvalue weighted by atomic mass is 10.1. The van der Waals surface area contributed by atoms with E-state index in [0.29, 0.717) is 17.6 Å². The highest BCUT2D eigenvalue weighted by Gasteiger charge is 2.10. The van der Waals surface area contributed by atoms with Crippen molar-refractivity contribution in [1.82, 2.24) is 24.6 Å². The minimum Gasteiger partial charge on any atom is -0.354 e. The van der Waals surface area contributed by atoms with Crippen molar-refractivity contribution in [1.29, 1.82) is 0 Å². The Labute approximate surface area is 138 Å². The summed E-state index contributed by atoms with van der Waals surface area (Å²) in [7, 11) is 1.72. The van der Waals surface area contributed by atoms with Crippen molar-refractivity contribution < 1.29 is 4.79 Å². The number of aromatic nitrogens is 4. The van der Waals surface area contributed by atoms with Gasteiger partial charge in [-0.15, -0.1) is 0 Å². The minimum atomic E-state index is -0.262. The van der Waals surface area contributed by atoms with E-state index in [1.807, 2.05) is 31.2 Å². The van der Waals surface area contributed by atoms with E-state index in [-0.39, 0.29) is 18.0 Å². The molecule has 0 bridgehead atoms. The lowest BCUT2D eigenvalue weighted by Crippen LogP contribution is -2.33. The van der Waals surface area contributed by atoms with Crippen molar-refractivity contribution in [3.63, 3.8) is 0 Å². The first kappa shape index (κ1) is 15.9. The Morgan fingerprint density at radius 2 is 2.08 bits per heavy atom. The zero-order chi connectivity index (χ0) is 17.1. The van der Waals surface area contributed by atoms with E-state index >= 15 is 0 Å². The van der Waals surface area contributed by atoms with Crippen molar-refractivity contribution in [3.05, 3.63) is 58.3 Å². The molecule has 0 fully saturated rings. The van der Waals surface area contributed by atoms with E-state index in [9.17, 15) is 9.59 Å². The molecule has 1 N–H and O–H groups in total. The number of hydrogen-bond donors (Lipinski definition) is 1. The van der Waals surface area contributed by atoms with Gasteiger partial charge in [-0.25, -0.2) is 4.98 Å². The van der Waals surface area contributed by atoms with E-state index < -0.39 is 0 Å². The number of benzene rings is 1. The summed E-state index contributed by atoms with van der Waals surface area (Å²) in [6.45, 7) is 2.52. The molecule has 2 heterocycles. The van der Waals surface area contributed by atoms with Crippen molar-refractivity contribution in [3.8, 4) is 0 Å². The second-order valence-corrected chi connectivity index (χ2v) is 5.71. The number of carbonyl (C=O) groups excluding carboxylic acids is 1. The molecule has 24 heavy (non-hydrogen) atoms. The molecule has 0 saturated carbocycles.